The molecule has 1 aromatic rings. The van der Waals surface area contributed by atoms with Crippen molar-refractivity contribution in [1.82, 2.24) is 9.55 Å². The lowest BCUT2D eigenvalue weighted by molar-refractivity contribution is -0.147. The number of hydrogen-bond donors (Lipinski definition) is 1. The van der Waals surface area contributed by atoms with E-state index in [1.807, 2.05) is 18.4 Å². The summed E-state index contributed by atoms with van der Waals surface area (Å²) < 4.78 is 1.84. The van der Waals surface area contributed by atoms with Gasteiger partial charge in [-0.1, -0.05) is 12.8 Å². The maximum absolute atomic E-state index is 11.4. The minimum atomic E-state index is -0.731. The van der Waals surface area contributed by atoms with Crippen LogP contribution in [0.3, 0.4) is 0 Å². The lowest BCUT2D eigenvalue weighted by Gasteiger charge is -2.27. The van der Waals surface area contributed by atoms with Crippen molar-refractivity contribution in [2.24, 2.45) is 0 Å². The van der Waals surface area contributed by atoms with Crippen LogP contribution in [-0.4, -0.2) is 20.6 Å². The summed E-state index contributed by atoms with van der Waals surface area (Å²) in [5.74, 6) is -0.722. The first kappa shape index (κ1) is 10.2. The third kappa shape index (κ3) is 1.35. The molecular weight excluding hydrogens is 192 g/mol. The fourth-order valence-electron chi connectivity index (χ4n) is 2.45. The summed E-state index contributed by atoms with van der Waals surface area (Å²) in [7, 11) is 0. The summed E-state index contributed by atoms with van der Waals surface area (Å²) in [5.41, 5.74) is 1.16. The Balaban J connectivity index is 2.50. The van der Waals surface area contributed by atoms with Gasteiger partial charge < -0.3 is 9.67 Å². The molecule has 1 N–H and O–H groups in total. The number of aryl methyl sites for hydroxylation is 1. The molecule has 0 unspecified atom stereocenters. The Labute approximate surface area is 88.9 Å². The quantitative estimate of drug-likeness (QED) is 0.807. The Kier molecular flexibility index (Phi) is 2.29. The predicted octanol–water partition coefficient (Wildman–Crippen LogP) is 1.85. The lowest BCUT2D eigenvalue weighted by Crippen LogP contribution is -2.39. The van der Waals surface area contributed by atoms with Crippen LogP contribution in [0.4, 0.5) is 0 Å². The number of aromatic nitrogens is 2. The molecule has 1 fully saturated rings. The molecule has 2 rings (SSSR count). The van der Waals surface area contributed by atoms with E-state index in [2.05, 4.69) is 4.98 Å². The van der Waals surface area contributed by atoms with E-state index in [-0.39, 0.29) is 0 Å². The Morgan fingerprint density at radius 2 is 2.07 bits per heavy atom. The van der Waals surface area contributed by atoms with Crippen LogP contribution in [0.25, 0.3) is 0 Å². The molecule has 0 radical (unpaired) electrons. The fourth-order valence-corrected chi connectivity index (χ4v) is 2.45. The van der Waals surface area contributed by atoms with Gasteiger partial charge in [0, 0.05) is 5.69 Å². The summed E-state index contributed by atoms with van der Waals surface area (Å²) in [4.78, 5) is 15.6. The third-order valence-electron chi connectivity index (χ3n) is 3.54. The average Bonchev–Trinajstić information content (AvgIpc) is 2.77. The molecule has 1 aromatic heterocycles. The highest BCUT2D eigenvalue weighted by Gasteiger charge is 2.43. The van der Waals surface area contributed by atoms with Crippen molar-refractivity contribution < 1.29 is 9.90 Å². The van der Waals surface area contributed by atoms with Gasteiger partial charge in [-0.25, -0.2) is 9.78 Å². The highest BCUT2D eigenvalue weighted by molar-refractivity contribution is 5.77. The summed E-state index contributed by atoms with van der Waals surface area (Å²) in [6.07, 6.45) is 5.09. The van der Waals surface area contributed by atoms with Crippen molar-refractivity contribution in [3.63, 3.8) is 0 Å². The Bertz CT molecular complexity index is 389. The number of carbonyl (C=O) groups is 1. The van der Waals surface area contributed by atoms with Crippen molar-refractivity contribution in [3.8, 4) is 0 Å². The molecular formula is C11H16N2O2. The van der Waals surface area contributed by atoms with Gasteiger partial charge >= 0.3 is 5.97 Å². The zero-order valence-electron chi connectivity index (χ0n) is 9.16. The number of hydrogen-bond acceptors (Lipinski definition) is 2. The monoisotopic (exact) mass is 208 g/mol. The smallest absolute Gasteiger partial charge is 0.329 e. The molecule has 0 bridgehead atoms. The molecule has 0 saturated heterocycles. The minimum Gasteiger partial charge on any atom is -0.479 e. The molecule has 0 atom stereocenters. The molecule has 82 valence electrons. The molecule has 1 saturated carbocycles. The highest BCUT2D eigenvalue weighted by atomic mass is 16.4. The van der Waals surface area contributed by atoms with E-state index in [0.29, 0.717) is 0 Å². The van der Waals surface area contributed by atoms with Crippen LogP contribution in [0.2, 0.25) is 0 Å². The van der Waals surface area contributed by atoms with Gasteiger partial charge in [0.15, 0.2) is 0 Å². The fraction of sp³-hybridized carbons (Fsp3) is 0.636. The van der Waals surface area contributed by atoms with E-state index in [0.717, 1.165) is 37.1 Å². The largest absolute Gasteiger partial charge is 0.479 e. The number of aliphatic carboxylic acids is 1. The second kappa shape index (κ2) is 3.36. The van der Waals surface area contributed by atoms with Crippen LogP contribution >= 0.6 is 0 Å². The summed E-state index contributed by atoms with van der Waals surface area (Å²) >= 11 is 0. The number of nitrogens with zero attached hydrogens (tertiary/aromatic N) is 2. The maximum atomic E-state index is 11.4. The SMILES string of the molecule is Cc1ncn(C2(C(=O)O)CCCC2)c1C. The Morgan fingerprint density at radius 3 is 2.47 bits per heavy atom. The number of carboxylic acids is 1. The molecule has 1 aliphatic carbocycles. The predicted molar refractivity (Wildman–Crippen MR) is 55.8 cm³/mol. The van der Waals surface area contributed by atoms with Gasteiger partial charge in [0.2, 0.25) is 0 Å². The van der Waals surface area contributed by atoms with E-state index < -0.39 is 11.5 Å². The van der Waals surface area contributed by atoms with Crippen molar-refractivity contribution in [2.75, 3.05) is 0 Å². The van der Waals surface area contributed by atoms with E-state index in [1.165, 1.54) is 0 Å². The first-order chi connectivity index (χ1) is 7.08. The first-order valence-electron chi connectivity index (χ1n) is 5.32. The van der Waals surface area contributed by atoms with Crippen molar-refractivity contribution in [3.05, 3.63) is 17.7 Å². The molecule has 0 aromatic carbocycles. The van der Waals surface area contributed by atoms with Gasteiger partial charge in [-0.3, -0.25) is 0 Å². The number of imidazole rings is 1. The second-order valence-electron chi connectivity index (χ2n) is 4.33. The van der Waals surface area contributed by atoms with Gasteiger partial charge in [-0.05, 0) is 26.7 Å². The normalized spacial score (nSPS) is 19.3. The third-order valence-corrected chi connectivity index (χ3v) is 3.54. The Hall–Kier alpha value is -1.32. The molecule has 1 aliphatic rings. The van der Waals surface area contributed by atoms with Crippen LogP contribution in [0.1, 0.15) is 37.1 Å². The number of carboxylic acid groups (broad SMARTS) is 1. The van der Waals surface area contributed by atoms with Gasteiger partial charge in [-0.2, -0.15) is 0 Å². The summed E-state index contributed by atoms with van der Waals surface area (Å²) in [6, 6.07) is 0. The van der Waals surface area contributed by atoms with E-state index in [9.17, 15) is 9.90 Å². The van der Waals surface area contributed by atoms with Crippen LogP contribution in [0.5, 0.6) is 0 Å². The zero-order chi connectivity index (χ0) is 11.1. The highest BCUT2D eigenvalue weighted by Crippen LogP contribution is 2.38. The molecule has 1 heterocycles. The summed E-state index contributed by atoms with van der Waals surface area (Å²) in [5, 5.41) is 9.40. The van der Waals surface area contributed by atoms with Crippen LogP contribution < -0.4 is 0 Å². The topological polar surface area (TPSA) is 55.1 Å². The number of rotatable bonds is 2. The van der Waals surface area contributed by atoms with Crippen molar-refractivity contribution >= 4 is 5.97 Å². The van der Waals surface area contributed by atoms with Gasteiger partial charge in [0.1, 0.15) is 5.54 Å². The Morgan fingerprint density at radius 1 is 1.47 bits per heavy atom. The summed E-state index contributed by atoms with van der Waals surface area (Å²) in [6.45, 7) is 3.85. The first-order valence-corrected chi connectivity index (χ1v) is 5.32. The van der Waals surface area contributed by atoms with Gasteiger partial charge in [0.05, 0.1) is 12.0 Å². The standard InChI is InChI=1S/C11H16N2O2/c1-8-9(2)13(7-12-8)11(10(14)15)5-3-4-6-11/h7H,3-6H2,1-2H3,(H,14,15). The maximum Gasteiger partial charge on any atom is 0.329 e. The van der Waals surface area contributed by atoms with Crippen LogP contribution in [0.15, 0.2) is 6.33 Å². The van der Waals surface area contributed by atoms with Crippen molar-refractivity contribution in [1.29, 1.82) is 0 Å². The van der Waals surface area contributed by atoms with E-state index in [4.69, 9.17) is 0 Å². The van der Waals surface area contributed by atoms with Crippen LogP contribution in [0, 0.1) is 13.8 Å². The molecule has 0 aliphatic heterocycles. The molecule has 4 nitrogen and oxygen atoms in total. The second-order valence-corrected chi connectivity index (χ2v) is 4.33. The minimum absolute atomic E-state index is 0.721. The molecule has 0 spiro atoms. The van der Waals surface area contributed by atoms with E-state index >= 15 is 0 Å². The van der Waals surface area contributed by atoms with Crippen molar-refractivity contribution in [2.45, 2.75) is 45.1 Å². The van der Waals surface area contributed by atoms with Crippen LogP contribution in [-0.2, 0) is 10.3 Å². The lowest BCUT2D eigenvalue weighted by atomic mass is 9.97. The molecule has 0 amide bonds. The van der Waals surface area contributed by atoms with E-state index in [1.54, 1.807) is 6.33 Å². The van der Waals surface area contributed by atoms with Gasteiger partial charge in [0.25, 0.3) is 0 Å². The average molecular weight is 208 g/mol. The molecule has 15 heavy (non-hydrogen) atoms. The molecule has 4 heteroatoms. The van der Waals surface area contributed by atoms with Gasteiger partial charge in [-0.15, -0.1) is 0 Å². The zero-order valence-corrected chi connectivity index (χ0v) is 9.16.